The van der Waals surface area contributed by atoms with Crippen LogP contribution in [0.1, 0.15) is 0 Å². The summed E-state index contributed by atoms with van der Waals surface area (Å²) in [6.45, 7) is -5.88. The van der Waals surface area contributed by atoms with E-state index >= 15 is 0 Å². The molecule has 0 saturated carbocycles. The zero-order valence-corrected chi connectivity index (χ0v) is 11.7. The van der Waals surface area contributed by atoms with Crippen molar-refractivity contribution in [2.45, 2.75) is 30.2 Å². The van der Waals surface area contributed by atoms with Crippen LogP contribution in [-0.2, 0) is 18.6 Å². The van der Waals surface area contributed by atoms with E-state index in [0.717, 1.165) is 0 Å². The van der Waals surface area contributed by atoms with Crippen LogP contribution in [-0.4, -0.2) is 41.1 Å². The van der Waals surface area contributed by atoms with Crippen molar-refractivity contribution in [2.24, 2.45) is 0 Å². The van der Waals surface area contributed by atoms with Crippen LogP contribution in [0.2, 0.25) is 0 Å². The predicted molar refractivity (Wildman–Crippen MR) is 48.7 cm³/mol. The van der Waals surface area contributed by atoms with Crippen molar-refractivity contribution in [3.63, 3.8) is 0 Å². The Morgan fingerprint density at radius 3 is 1.50 bits per heavy atom. The van der Waals surface area contributed by atoms with Gasteiger partial charge in [0.15, 0.2) is 0 Å². The van der Waals surface area contributed by atoms with Crippen LogP contribution in [0.3, 0.4) is 0 Å². The van der Waals surface area contributed by atoms with Crippen molar-refractivity contribution >= 4 is 24.2 Å². The Kier molecular flexibility index (Phi) is 5.92. The molecule has 24 heavy (non-hydrogen) atoms. The zero-order valence-electron chi connectivity index (χ0n) is 10.1. The third-order valence-electron chi connectivity index (χ3n) is 1.81. The van der Waals surface area contributed by atoms with Gasteiger partial charge < -0.3 is 9.42 Å². The lowest BCUT2D eigenvalue weighted by Crippen LogP contribution is -2.61. The molecule has 0 heterocycles. The molecule has 0 amide bonds. The minimum Gasteiger partial charge on any atom is -0.376 e. The van der Waals surface area contributed by atoms with E-state index in [1.54, 1.807) is 4.74 Å². The highest BCUT2D eigenvalue weighted by atomic mass is 35.7. The van der Waals surface area contributed by atoms with Crippen molar-refractivity contribution in [1.29, 1.82) is 0 Å². The van der Waals surface area contributed by atoms with E-state index in [2.05, 4.69) is 15.8 Å². The Bertz CT molecular complexity index is 538. The van der Waals surface area contributed by atoms with E-state index in [1.165, 1.54) is 0 Å². The number of carbonyl (C=O) groups is 1. The summed E-state index contributed by atoms with van der Waals surface area (Å²) in [5, 5.41) is 0. The van der Waals surface area contributed by atoms with E-state index in [9.17, 15) is 57.7 Å². The number of hydrogen-bond acceptors (Lipinski definition) is 4. The standard InChI is InChI=1S/C6HClF11O5P/c7-24(20,21)22-1(19)2(8,4(11,12)13)23-6(17,18)3(9,10)5(14,15)16/h(H,20,21). The zero-order chi connectivity index (χ0) is 20.0. The summed E-state index contributed by atoms with van der Waals surface area (Å²) in [6, 6.07) is 0. The number of rotatable bonds is 5. The monoisotopic (exact) mass is 428 g/mol. The SMILES string of the molecule is O=C(OP(=O)(O)Cl)C(F)(OC(F)(F)C(F)(F)C(F)(F)F)C(F)(F)F. The summed E-state index contributed by atoms with van der Waals surface area (Å²) in [5.41, 5.74) is 0. The number of halogens is 12. The van der Waals surface area contributed by atoms with Gasteiger partial charge in [-0.25, -0.2) is 9.36 Å². The Hall–Kier alpha value is -0.860. The van der Waals surface area contributed by atoms with E-state index in [0.29, 0.717) is 0 Å². The first-order valence-corrected chi connectivity index (χ1v) is 7.11. The fraction of sp³-hybridized carbons (Fsp3) is 0.833. The first-order chi connectivity index (χ1) is 10.1. The highest BCUT2D eigenvalue weighted by molar-refractivity contribution is 7.80. The lowest BCUT2D eigenvalue weighted by molar-refractivity contribution is -0.474. The van der Waals surface area contributed by atoms with Crippen LogP contribution in [0.15, 0.2) is 0 Å². The van der Waals surface area contributed by atoms with Gasteiger partial charge >= 0.3 is 43.2 Å². The van der Waals surface area contributed by atoms with Crippen LogP contribution in [0.25, 0.3) is 0 Å². The molecule has 0 aromatic heterocycles. The smallest absolute Gasteiger partial charge is 0.376 e. The average Bonchev–Trinajstić information content (AvgIpc) is 2.22. The van der Waals surface area contributed by atoms with E-state index in [-0.39, 0.29) is 0 Å². The molecule has 0 aliphatic rings. The molecule has 0 spiro atoms. The fourth-order valence-electron chi connectivity index (χ4n) is 0.782. The summed E-state index contributed by atoms with van der Waals surface area (Å²) in [5.74, 6) is -18.0. The molecule has 5 nitrogen and oxygen atoms in total. The highest BCUT2D eigenvalue weighted by Gasteiger charge is 2.80. The summed E-state index contributed by atoms with van der Waals surface area (Å²) in [4.78, 5) is 18.8. The van der Waals surface area contributed by atoms with Crippen molar-refractivity contribution in [1.82, 2.24) is 0 Å². The van der Waals surface area contributed by atoms with Gasteiger partial charge in [-0.1, -0.05) is 0 Å². The van der Waals surface area contributed by atoms with Crippen molar-refractivity contribution in [2.75, 3.05) is 0 Å². The molecule has 0 bridgehead atoms. The number of alkyl halides is 11. The molecule has 0 aliphatic heterocycles. The van der Waals surface area contributed by atoms with E-state index in [4.69, 9.17) is 4.89 Å². The number of hydrogen-bond donors (Lipinski definition) is 1. The van der Waals surface area contributed by atoms with Gasteiger partial charge in [0.2, 0.25) is 0 Å². The van der Waals surface area contributed by atoms with Gasteiger partial charge in [-0.05, 0) is 0 Å². The molecule has 0 rings (SSSR count). The number of ether oxygens (including phenoxy) is 1. The molecule has 1 N–H and O–H groups in total. The minimum absolute atomic E-state index is 1.73. The molecule has 0 saturated heterocycles. The van der Waals surface area contributed by atoms with Crippen LogP contribution >= 0.6 is 18.2 Å². The third kappa shape index (κ3) is 4.61. The van der Waals surface area contributed by atoms with Crippen molar-refractivity contribution < 1.29 is 71.8 Å². The maximum atomic E-state index is 13.3. The molecule has 2 atom stereocenters. The summed E-state index contributed by atoms with van der Waals surface area (Å²) in [7, 11) is 0. The maximum Gasteiger partial charge on any atom is 0.476 e. The Labute approximate surface area is 127 Å². The van der Waals surface area contributed by atoms with Crippen LogP contribution in [0, 0.1) is 0 Å². The molecule has 0 aromatic rings. The van der Waals surface area contributed by atoms with Gasteiger partial charge in [0.1, 0.15) is 0 Å². The van der Waals surface area contributed by atoms with Gasteiger partial charge in [-0.2, -0.15) is 48.3 Å². The molecule has 18 heteroatoms. The molecular weight excluding hydrogens is 427 g/mol. The van der Waals surface area contributed by atoms with Crippen molar-refractivity contribution in [3.8, 4) is 0 Å². The number of carbonyl (C=O) groups excluding carboxylic acids is 1. The summed E-state index contributed by atoms with van der Waals surface area (Å²) < 4.78 is 150. The largest absolute Gasteiger partial charge is 0.476 e. The average molecular weight is 428 g/mol. The van der Waals surface area contributed by atoms with Crippen LogP contribution in [0.5, 0.6) is 0 Å². The normalized spacial score (nSPS) is 19.4. The Morgan fingerprint density at radius 2 is 1.25 bits per heavy atom. The van der Waals surface area contributed by atoms with Crippen LogP contribution in [0.4, 0.5) is 48.3 Å². The maximum absolute atomic E-state index is 13.3. The second kappa shape index (κ2) is 6.14. The lowest BCUT2D eigenvalue weighted by atomic mass is 10.2. The topological polar surface area (TPSA) is 72.8 Å². The summed E-state index contributed by atoms with van der Waals surface area (Å²) >= 11 is 4.18. The predicted octanol–water partition coefficient (Wildman–Crippen LogP) is 3.90. The molecule has 0 aliphatic carbocycles. The van der Waals surface area contributed by atoms with E-state index < -0.39 is 43.2 Å². The van der Waals surface area contributed by atoms with Gasteiger partial charge in [-0.3, -0.25) is 4.74 Å². The molecular formula is C6HClF11O5P. The first-order valence-electron chi connectivity index (χ1n) is 4.63. The quantitative estimate of drug-likeness (QED) is 0.531. The molecule has 2 unspecified atom stereocenters. The van der Waals surface area contributed by atoms with E-state index in [1.807, 2.05) is 0 Å². The van der Waals surface area contributed by atoms with Crippen LogP contribution < -0.4 is 0 Å². The van der Waals surface area contributed by atoms with Gasteiger partial charge in [0, 0.05) is 11.2 Å². The lowest BCUT2D eigenvalue weighted by Gasteiger charge is -2.33. The second-order valence-electron chi connectivity index (χ2n) is 3.61. The van der Waals surface area contributed by atoms with Gasteiger partial charge in [-0.15, -0.1) is 0 Å². The summed E-state index contributed by atoms with van der Waals surface area (Å²) in [6.07, 6.45) is -21.6. The molecule has 0 aromatic carbocycles. The van der Waals surface area contributed by atoms with Gasteiger partial charge in [0.05, 0.1) is 0 Å². The Balaban J connectivity index is 6.01. The Morgan fingerprint density at radius 1 is 0.875 bits per heavy atom. The molecule has 0 radical (unpaired) electrons. The minimum atomic E-state index is -7.40. The molecule has 0 fully saturated rings. The highest BCUT2D eigenvalue weighted by Crippen LogP contribution is 2.54. The fourth-order valence-corrected chi connectivity index (χ4v) is 1.29. The second-order valence-corrected chi connectivity index (χ2v) is 5.98. The third-order valence-corrected chi connectivity index (χ3v) is 2.41. The molecule has 144 valence electrons. The van der Waals surface area contributed by atoms with Crippen molar-refractivity contribution in [3.05, 3.63) is 0 Å². The van der Waals surface area contributed by atoms with Gasteiger partial charge in [0.25, 0.3) is 0 Å². The first kappa shape index (κ1) is 23.1.